The molecule has 0 unspecified atom stereocenters. The maximum Gasteiger partial charge on any atom is 0.332 e. The van der Waals surface area contributed by atoms with Gasteiger partial charge in [0.1, 0.15) is 5.82 Å². The van der Waals surface area contributed by atoms with Crippen LogP contribution in [0.25, 0.3) is 11.2 Å². The number of hydrogen-bond donors (Lipinski definition) is 1. The molecule has 21 heavy (non-hydrogen) atoms. The summed E-state index contributed by atoms with van der Waals surface area (Å²) in [5.41, 5.74) is 6.01. The van der Waals surface area contributed by atoms with Crippen molar-refractivity contribution >= 4 is 11.2 Å². The van der Waals surface area contributed by atoms with E-state index in [0.717, 1.165) is 23.2 Å². The Morgan fingerprint density at radius 1 is 1.19 bits per heavy atom. The van der Waals surface area contributed by atoms with Crippen LogP contribution < -0.4 is 17.0 Å². The normalized spacial score (nSPS) is 11.4. The van der Waals surface area contributed by atoms with E-state index < -0.39 is 0 Å². The van der Waals surface area contributed by atoms with Crippen LogP contribution in [0.1, 0.15) is 32.5 Å². The van der Waals surface area contributed by atoms with Gasteiger partial charge in [-0.2, -0.15) is 0 Å². The third-order valence-corrected chi connectivity index (χ3v) is 3.73. The summed E-state index contributed by atoms with van der Waals surface area (Å²) in [6.07, 6.45) is 2.44. The Morgan fingerprint density at radius 2 is 1.90 bits per heavy atom. The van der Waals surface area contributed by atoms with E-state index in [1.165, 1.54) is 7.05 Å². The second-order valence-corrected chi connectivity index (χ2v) is 5.14. The molecule has 2 aromatic heterocycles. The zero-order valence-corrected chi connectivity index (χ0v) is 12.9. The summed E-state index contributed by atoms with van der Waals surface area (Å²) in [5, 5.41) is 0. The maximum atomic E-state index is 12.4. The maximum absolute atomic E-state index is 12.4. The van der Waals surface area contributed by atoms with Crippen molar-refractivity contribution in [3.63, 3.8) is 0 Å². The fourth-order valence-electron chi connectivity index (χ4n) is 2.58. The molecular formula is C14H23N5O2. The van der Waals surface area contributed by atoms with E-state index in [1.807, 2.05) is 11.5 Å². The molecule has 7 nitrogen and oxygen atoms in total. The molecule has 0 radical (unpaired) electrons. The first-order valence-corrected chi connectivity index (χ1v) is 7.45. The zero-order chi connectivity index (χ0) is 15.6. The molecule has 0 fully saturated rings. The largest absolute Gasteiger partial charge is 0.332 e. The van der Waals surface area contributed by atoms with Gasteiger partial charge in [0.2, 0.25) is 0 Å². The van der Waals surface area contributed by atoms with Crippen molar-refractivity contribution in [1.82, 2.24) is 18.7 Å². The van der Waals surface area contributed by atoms with E-state index in [2.05, 4.69) is 11.9 Å². The van der Waals surface area contributed by atoms with E-state index in [9.17, 15) is 9.59 Å². The van der Waals surface area contributed by atoms with Gasteiger partial charge in [0.25, 0.3) is 5.56 Å². The van der Waals surface area contributed by atoms with Crippen molar-refractivity contribution in [3.05, 3.63) is 26.7 Å². The van der Waals surface area contributed by atoms with Gasteiger partial charge in [-0.1, -0.05) is 13.3 Å². The predicted molar refractivity (Wildman–Crippen MR) is 82.6 cm³/mol. The Balaban J connectivity index is 2.84. The summed E-state index contributed by atoms with van der Waals surface area (Å²) < 4.78 is 4.64. The number of hydrogen-bond acceptors (Lipinski definition) is 4. The van der Waals surface area contributed by atoms with E-state index in [4.69, 9.17) is 5.73 Å². The van der Waals surface area contributed by atoms with E-state index >= 15 is 0 Å². The third kappa shape index (κ3) is 2.53. The Kier molecular flexibility index (Phi) is 4.62. The van der Waals surface area contributed by atoms with Gasteiger partial charge in [-0.25, -0.2) is 9.78 Å². The van der Waals surface area contributed by atoms with Gasteiger partial charge >= 0.3 is 5.69 Å². The Hall–Kier alpha value is -1.89. The number of imidazole rings is 1. The Bertz CT molecular complexity index is 753. The molecule has 0 amide bonds. The fraction of sp³-hybridized carbons (Fsp3) is 0.643. The van der Waals surface area contributed by atoms with Crippen LogP contribution in [-0.4, -0.2) is 25.2 Å². The van der Waals surface area contributed by atoms with Gasteiger partial charge in [0.05, 0.1) is 0 Å². The van der Waals surface area contributed by atoms with Gasteiger partial charge in [-0.3, -0.25) is 13.9 Å². The average molecular weight is 293 g/mol. The lowest BCUT2D eigenvalue weighted by molar-refractivity contribution is 0.583. The van der Waals surface area contributed by atoms with Gasteiger partial charge in [0.15, 0.2) is 11.2 Å². The summed E-state index contributed by atoms with van der Waals surface area (Å²) in [6.45, 7) is 5.69. The third-order valence-electron chi connectivity index (χ3n) is 3.73. The predicted octanol–water partition coefficient (Wildman–Crippen LogP) is 0.218. The summed E-state index contributed by atoms with van der Waals surface area (Å²) in [6, 6.07) is 0. The average Bonchev–Trinajstić information content (AvgIpc) is 2.83. The molecule has 0 atom stereocenters. The van der Waals surface area contributed by atoms with Crippen molar-refractivity contribution in [2.75, 3.05) is 6.54 Å². The molecule has 7 heteroatoms. The van der Waals surface area contributed by atoms with Crippen LogP contribution in [0, 0.1) is 0 Å². The van der Waals surface area contributed by atoms with Gasteiger partial charge in [0, 0.05) is 26.6 Å². The molecular weight excluding hydrogens is 270 g/mol. The molecule has 0 spiro atoms. The number of aryl methyl sites for hydroxylation is 2. The lowest BCUT2D eigenvalue weighted by atomic mass is 10.3. The van der Waals surface area contributed by atoms with Crippen molar-refractivity contribution in [3.8, 4) is 0 Å². The topological polar surface area (TPSA) is 87.8 Å². The zero-order valence-electron chi connectivity index (χ0n) is 12.9. The minimum atomic E-state index is -0.305. The number of nitrogens with two attached hydrogens (primary N) is 1. The first-order valence-electron chi connectivity index (χ1n) is 7.45. The molecule has 0 aliphatic rings. The first kappa shape index (κ1) is 15.5. The highest BCUT2D eigenvalue weighted by molar-refractivity contribution is 5.71. The monoisotopic (exact) mass is 293 g/mol. The second kappa shape index (κ2) is 6.26. The van der Waals surface area contributed by atoms with E-state index in [1.54, 1.807) is 4.57 Å². The number of aromatic nitrogens is 4. The molecule has 0 saturated carbocycles. The second-order valence-electron chi connectivity index (χ2n) is 5.14. The lowest BCUT2D eigenvalue weighted by Crippen LogP contribution is -2.38. The first-order chi connectivity index (χ1) is 10.1. The summed E-state index contributed by atoms with van der Waals surface area (Å²) in [4.78, 5) is 29.3. The Morgan fingerprint density at radius 3 is 2.48 bits per heavy atom. The van der Waals surface area contributed by atoms with Crippen LogP contribution in [0.5, 0.6) is 0 Å². The van der Waals surface area contributed by atoms with Crippen molar-refractivity contribution in [1.29, 1.82) is 0 Å². The highest BCUT2D eigenvalue weighted by Crippen LogP contribution is 2.12. The van der Waals surface area contributed by atoms with Crippen molar-refractivity contribution in [2.45, 2.75) is 46.2 Å². The fourth-order valence-corrected chi connectivity index (χ4v) is 2.58. The van der Waals surface area contributed by atoms with Gasteiger partial charge in [-0.05, 0) is 19.9 Å². The molecule has 2 aromatic rings. The van der Waals surface area contributed by atoms with Gasteiger partial charge in [-0.15, -0.1) is 0 Å². The minimum absolute atomic E-state index is 0.291. The van der Waals surface area contributed by atoms with E-state index in [0.29, 0.717) is 37.2 Å². The standard InChI is InChI=1S/C14H23N5O2/c1-4-6-9-19-12-11(13(20)17(3)14(19)21)18(5-2)10(16-12)7-8-15/h4-9,15H2,1-3H3. The highest BCUT2D eigenvalue weighted by atomic mass is 16.2. The van der Waals surface area contributed by atoms with Crippen molar-refractivity contribution < 1.29 is 0 Å². The quantitative estimate of drug-likeness (QED) is 0.825. The van der Waals surface area contributed by atoms with Crippen LogP contribution >= 0.6 is 0 Å². The number of rotatable bonds is 6. The molecule has 0 aliphatic heterocycles. The molecule has 0 bridgehead atoms. The lowest BCUT2D eigenvalue weighted by Gasteiger charge is -2.09. The Labute approximate surface area is 123 Å². The van der Waals surface area contributed by atoms with Crippen LogP contribution in [0.3, 0.4) is 0 Å². The minimum Gasteiger partial charge on any atom is -0.330 e. The summed E-state index contributed by atoms with van der Waals surface area (Å²) in [7, 11) is 1.52. The van der Waals surface area contributed by atoms with Crippen molar-refractivity contribution in [2.24, 2.45) is 12.8 Å². The number of nitrogens with zero attached hydrogens (tertiary/aromatic N) is 4. The highest BCUT2D eigenvalue weighted by Gasteiger charge is 2.18. The molecule has 0 saturated heterocycles. The molecule has 0 aliphatic carbocycles. The summed E-state index contributed by atoms with van der Waals surface area (Å²) in [5.74, 6) is 0.767. The van der Waals surface area contributed by atoms with Crippen LogP contribution in [0.4, 0.5) is 0 Å². The number of fused-ring (bicyclic) bond motifs is 1. The number of unbranched alkanes of at least 4 members (excludes halogenated alkanes) is 1. The van der Waals surface area contributed by atoms with E-state index in [-0.39, 0.29) is 11.2 Å². The molecule has 116 valence electrons. The summed E-state index contributed by atoms with van der Waals surface area (Å²) >= 11 is 0. The van der Waals surface area contributed by atoms with Crippen LogP contribution in [0.15, 0.2) is 9.59 Å². The van der Waals surface area contributed by atoms with Crippen LogP contribution in [0.2, 0.25) is 0 Å². The molecule has 2 rings (SSSR count). The van der Waals surface area contributed by atoms with Gasteiger partial charge < -0.3 is 10.3 Å². The smallest absolute Gasteiger partial charge is 0.330 e. The van der Waals surface area contributed by atoms with Crippen LogP contribution in [-0.2, 0) is 26.6 Å². The molecule has 2 heterocycles. The molecule has 0 aromatic carbocycles. The SMILES string of the molecule is CCCCn1c(=O)n(C)c(=O)c2c1nc(CCN)n2CC. The molecule has 2 N–H and O–H groups in total.